The second-order valence-corrected chi connectivity index (χ2v) is 11.5. The molecule has 1 aliphatic heterocycles. The number of aromatic nitrogens is 1. The van der Waals surface area contributed by atoms with Gasteiger partial charge in [0.15, 0.2) is 17.3 Å². The minimum Gasteiger partial charge on any atom is -0.372 e. The topological polar surface area (TPSA) is 59.4 Å². The Morgan fingerprint density at radius 3 is 1.76 bits per heavy atom. The highest BCUT2D eigenvalue weighted by Gasteiger charge is 2.17. The molecular weight excluding hydrogens is 508 g/mol. The quantitative estimate of drug-likeness (QED) is 0.195. The molecule has 1 aromatic heterocycles. The second kappa shape index (κ2) is 12.5. The number of anilines is 1. The summed E-state index contributed by atoms with van der Waals surface area (Å²) in [6.45, 7) is 8.54. The van der Waals surface area contributed by atoms with Crippen LogP contribution in [0, 0.1) is 5.92 Å². The Balaban J connectivity index is 1.17. The number of carbonyl (C=O) groups excluding carboxylic acids is 3. The molecule has 0 radical (unpaired) electrons. The maximum Gasteiger partial charge on any atom is 0.193 e. The molecule has 5 rings (SSSR count). The van der Waals surface area contributed by atoms with Gasteiger partial charge in [0.25, 0.3) is 0 Å². The van der Waals surface area contributed by atoms with E-state index in [4.69, 9.17) is 0 Å². The first-order valence-corrected chi connectivity index (χ1v) is 14.6. The molecule has 41 heavy (non-hydrogen) atoms. The van der Waals surface area contributed by atoms with Crippen LogP contribution in [0.15, 0.2) is 91.1 Å². The van der Waals surface area contributed by atoms with Crippen molar-refractivity contribution >= 4 is 23.0 Å². The number of carbonyl (C=O) groups is 3. The molecule has 5 nitrogen and oxygen atoms in total. The van der Waals surface area contributed by atoms with Gasteiger partial charge in [-0.2, -0.15) is 0 Å². The standard InChI is InChI=1S/C36H38N2O3/c1-25(2)38-20-4-5-33(38)35(40)24-28-8-12-31(13-9-28)36(41)30-10-6-27(7-11-30)23-34(39)29-14-16-32(17-15-29)37-21-18-26(3)19-22-37/h4-17,20,25-26H,18-19,21-24H2,1-3H3. The highest BCUT2D eigenvalue weighted by atomic mass is 16.1. The van der Waals surface area contributed by atoms with Gasteiger partial charge in [-0.25, -0.2) is 0 Å². The Bertz CT molecular complexity index is 1500. The van der Waals surface area contributed by atoms with Crippen molar-refractivity contribution in [3.8, 4) is 0 Å². The molecule has 0 spiro atoms. The van der Waals surface area contributed by atoms with E-state index in [1.54, 1.807) is 24.3 Å². The zero-order valence-corrected chi connectivity index (χ0v) is 24.2. The van der Waals surface area contributed by atoms with Gasteiger partial charge in [0.2, 0.25) is 0 Å². The molecule has 4 aromatic rings. The first-order chi connectivity index (χ1) is 19.8. The molecule has 0 bridgehead atoms. The van der Waals surface area contributed by atoms with Crippen molar-refractivity contribution < 1.29 is 14.4 Å². The van der Waals surface area contributed by atoms with Crippen molar-refractivity contribution in [2.45, 2.75) is 52.5 Å². The molecule has 1 aliphatic rings. The van der Waals surface area contributed by atoms with Crippen LogP contribution in [0.3, 0.4) is 0 Å². The lowest BCUT2D eigenvalue weighted by molar-refractivity contribution is 0.0978. The van der Waals surface area contributed by atoms with Gasteiger partial charge in [-0.05, 0) is 80.1 Å². The molecule has 0 N–H and O–H groups in total. The zero-order valence-electron chi connectivity index (χ0n) is 24.2. The van der Waals surface area contributed by atoms with Gasteiger partial charge in [0, 0.05) is 60.5 Å². The summed E-state index contributed by atoms with van der Waals surface area (Å²) >= 11 is 0. The lowest BCUT2D eigenvalue weighted by atomic mass is 9.97. The van der Waals surface area contributed by atoms with Crippen LogP contribution < -0.4 is 4.90 Å². The molecule has 0 atom stereocenters. The van der Waals surface area contributed by atoms with Crippen molar-refractivity contribution in [2.24, 2.45) is 5.92 Å². The number of ketones is 3. The van der Waals surface area contributed by atoms with E-state index in [0.717, 1.165) is 30.1 Å². The van der Waals surface area contributed by atoms with Crippen LogP contribution in [0.5, 0.6) is 0 Å². The molecule has 3 aromatic carbocycles. The Hall–Kier alpha value is -4.25. The van der Waals surface area contributed by atoms with Crippen LogP contribution in [-0.4, -0.2) is 35.0 Å². The molecule has 0 aliphatic carbocycles. The van der Waals surface area contributed by atoms with E-state index in [-0.39, 0.29) is 36.2 Å². The van der Waals surface area contributed by atoms with Crippen molar-refractivity contribution in [1.82, 2.24) is 4.57 Å². The maximum absolute atomic E-state index is 13.1. The fourth-order valence-electron chi connectivity index (χ4n) is 5.48. The van der Waals surface area contributed by atoms with Crippen LogP contribution in [-0.2, 0) is 12.8 Å². The third kappa shape index (κ3) is 6.74. The third-order valence-electron chi connectivity index (χ3n) is 8.12. The summed E-state index contributed by atoms with van der Waals surface area (Å²) in [6.07, 6.45) is 4.92. The Labute approximate surface area is 242 Å². The van der Waals surface area contributed by atoms with Crippen molar-refractivity contribution in [1.29, 1.82) is 0 Å². The molecule has 1 saturated heterocycles. The first-order valence-electron chi connectivity index (χ1n) is 14.6. The molecule has 5 heteroatoms. The molecule has 1 fully saturated rings. The number of rotatable bonds is 10. The van der Waals surface area contributed by atoms with E-state index < -0.39 is 0 Å². The maximum atomic E-state index is 13.1. The SMILES string of the molecule is CC1CCN(c2ccc(C(=O)Cc3ccc(C(=O)c4ccc(CC(=O)c5cccn5C(C)C)cc4)cc3)cc2)CC1. The summed E-state index contributed by atoms with van der Waals surface area (Å²) in [4.78, 5) is 41.2. The fourth-order valence-corrected chi connectivity index (χ4v) is 5.48. The van der Waals surface area contributed by atoms with Crippen LogP contribution >= 0.6 is 0 Å². The van der Waals surface area contributed by atoms with E-state index in [1.807, 2.05) is 59.3 Å². The molecule has 0 unspecified atom stereocenters. The largest absolute Gasteiger partial charge is 0.372 e. The second-order valence-electron chi connectivity index (χ2n) is 11.5. The minimum absolute atomic E-state index is 0.0560. The number of nitrogens with zero attached hydrogens (tertiary/aromatic N) is 2. The summed E-state index contributed by atoms with van der Waals surface area (Å²) in [5.41, 5.74) is 5.46. The first kappa shape index (κ1) is 28.3. The van der Waals surface area contributed by atoms with Crippen molar-refractivity contribution in [3.63, 3.8) is 0 Å². The van der Waals surface area contributed by atoms with E-state index in [1.165, 1.54) is 18.5 Å². The summed E-state index contributed by atoms with van der Waals surface area (Å²) in [6, 6.07) is 26.4. The number of piperidine rings is 1. The fraction of sp³-hybridized carbons (Fsp3) is 0.306. The lowest BCUT2D eigenvalue weighted by Gasteiger charge is -2.32. The zero-order chi connectivity index (χ0) is 28.9. The van der Waals surface area contributed by atoms with Gasteiger partial charge in [-0.1, -0.05) is 55.5 Å². The molecule has 2 heterocycles. The Morgan fingerprint density at radius 1 is 0.707 bits per heavy atom. The average molecular weight is 547 g/mol. The number of hydrogen-bond acceptors (Lipinski definition) is 4. The highest BCUT2D eigenvalue weighted by Crippen LogP contribution is 2.24. The molecular formula is C36H38N2O3. The van der Waals surface area contributed by atoms with Crippen molar-refractivity contribution in [2.75, 3.05) is 18.0 Å². The smallest absolute Gasteiger partial charge is 0.193 e. The van der Waals surface area contributed by atoms with Gasteiger partial charge in [0.05, 0.1) is 5.69 Å². The van der Waals surface area contributed by atoms with Crippen molar-refractivity contribution in [3.05, 3.63) is 125 Å². The molecule has 210 valence electrons. The van der Waals surface area contributed by atoms with Crippen LogP contribution in [0.2, 0.25) is 0 Å². The summed E-state index contributed by atoms with van der Waals surface area (Å²) in [5, 5.41) is 0. The monoisotopic (exact) mass is 546 g/mol. The van der Waals surface area contributed by atoms with Crippen LogP contribution in [0.1, 0.15) is 87.5 Å². The number of Topliss-reactive ketones (excluding diaryl/α,β-unsaturated/α-hetero) is 2. The summed E-state index contributed by atoms with van der Waals surface area (Å²) < 4.78 is 1.98. The van der Waals surface area contributed by atoms with Crippen LogP contribution in [0.25, 0.3) is 0 Å². The van der Waals surface area contributed by atoms with E-state index in [2.05, 4.69) is 37.8 Å². The van der Waals surface area contributed by atoms with E-state index in [9.17, 15) is 14.4 Å². The number of benzene rings is 3. The van der Waals surface area contributed by atoms with E-state index >= 15 is 0 Å². The third-order valence-corrected chi connectivity index (χ3v) is 8.12. The van der Waals surface area contributed by atoms with Gasteiger partial charge in [-0.3, -0.25) is 14.4 Å². The lowest BCUT2D eigenvalue weighted by Crippen LogP contribution is -2.32. The number of hydrogen-bond donors (Lipinski definition) is 0. The van der Waals surface area contributed by atoms with Gasteiger partial charge in [-0.15, -0.1) is 0 Å². The average Bonchev–Trinajstić information content (AvgIpc) is 3.49. The normalized spacial score (nSPS) is 13.9. The van der Waals surface area contributed by atoms with Gasteiger partial charge in [0.1, 0.15) is 0 Å². The van der Waals surface area contributed by atoms with Crippen LogP contribution in [0.4, 0.5) is 5.69 Å². The van der Waals surface area contributed by atoms with E-state index in [0.29, 0.717) is 22.4 Å². The summed E-state index contributed by atoms with van der Waals surface area (Å²) in [5.74, 6) is 0.816. The summed E-state index contributed by atoms with van der Waals surface area (Å²) in [7, 11) is 0. The van der Waals surface area contributed by atoms with Gasteiger partial charge >= 0.3 is 0 Å². The molecule has 0 amide bonds. The van der Waals surface area contributed by atoms with Gasteiger partial charge < -0.3 is 9.47 Å². The Morgan fingerprint density at radius 2 is 1.22 bits per heavy atom. The predicted octanol–water partition coefficient (Wildman–Crippen LogP) is 7.39. The minimum atomic E-state index is -0.0860. The Kier molecular flexibility index (Phi) is 8.63. The highest BCUT2D eigenvalue weighted by molar-refractivity contribution is 6.09. The molecule has 0 saturated carbocycles. The predicted molar refractivity (Wildman–Crippen MR) is 164 cm³/mol.